The molecular weight excluding hydrogens is 338 g/mol. The number of urea groups is 1. The topological polar surface area (TPSA) is 66.2 Å². The van der Waals surface area contributed by atoms with Crippen molar-refractivity contribution in [1.29, 1.82) is 0 Å². The van der Waals surface area contributed by atoms with Crippen LogP contribution in [0.1, 0.15) is 0 Å². The molecule has 0 fully saturated rings. The van der Waals surface area contributed by atoms with Crippen molar-refractivity contribution >= 4 is 28.3 Å². The standard InChI is InChI=1S/C22H19N3O2/c1-27-19-12-10-18(11-13-19)24-22(26)23-17-8-6-15(7-9-17)21-14-16-4-2-3-5-20(16)25-21/h2-14,25H,1H3,(H2,23,24,26). The fraction of sp³-hybridized carbons (Fsp3) is 0.0455. The van der Waals surface area contributed by atoms with Crippen LogP contribution in [0.3, 0.4) is 0 Å². The molecule has 4 rings (SSSR count). The first kappa shape index (κ1) is 16.7. The molecule has 5 heteroatoms. The normalized spacial score (nSPS) is 10.6. The number of carbonyl (C=O) groups is 1. The van der Waals surface area contributed by atoms with Gasteiger partial charge in [-0.2, -0.15) is 0 Å². The SMILES string of the molecule is COc1ccc(NC(=O)Nc2ccc(-c3cc4ccccc4[nH]3)cc2)cc1. The average molecular weight is 357 g/mol. The first-order valence-corrected chi connectivity index (χ1v) is 8.61. The van der Waals surface area contributed by atoms with Crippen LogP contribution in [0.5, 0.6) is 5.75 Å². The van der Waals surface area contributed by atoms with Gasteiger partial charge in [0, 0.05) is 28.0 Å². The van der Waals surface area contributed by atoms with E-state index in [1.807, 2.05) is 36.4 Å². The molecule has 0 unspecified atom stereocenters. The lowest BCUT2D eigenvalue weighted by molar-refractivity contribution is 0.262. The van der Waals surface area contributed by atoms with Gasteiger partial charge in [0.15, 0.2) is 0 Å². The van der Waals surface area contributed by atoms with E-state index >= 15 is 0 Å². The van der Waals surface area contributed by atoms with Crippen LogP contribution in [0.25, 0.3) is 22.2 Å². The van der Waals surface area contributed by atoms with E-state index in [4.69, 9.17) is 4.74 Å². The lowest BCUT2D eigenvalue weighted by atomic mass is 10.1. The molecule has 0 bridgehead atoms. The number of hydrogen-bond acceptors (Lipinski definition) is 2. The number of methoxy groups -OCH3 is 1. The van der Waals surface area contributed by atoms with Crippen LogP contribution in [-0.2, 0) is 0 Å². The second-order valence-electron chi connectivity index (χ2n) is 6.16. The van der Waals surface area contributed by atoms with Crippen molar-refractivity contribution in [2.45, 2.75) is 0 Å². The van der Waals surface area contributed by atoms with Crippen molar-refractivity contribution in [2.75, 3.05) is 17.7 Å². The van der Waals surface area contributed by atoms with Gasteiger partial charge in [0.25, 0.3) is 0 Å². The molecule has 0 atom stereocenters. The molecule has 2 amide bonds. The minimum absolute atomic E-state index is 0.293. The van der Waals surface area contributed by atoms with Crippen molar-refractivity contribution in [3.8, 4) is 17.0 Å². The quantitative estimate of drug-likeness (QED) is 0.452. The summed E-state index contributed by atoms with van der Waals surface area (Å²) >= 11 is 0. The summed E-state index contributed by atoms with van der Waals surface area (Å²) in [6, 6.07) is 24.9. The predicted octanol–water partition coefficient (Wildman–Crippen LogP) is 5.49. The minimum Gasteiger partial charge on any atom is -0.497 e. The number of para-hydroxylation sites is 1. The summed E-state index contributed by atoms with van der Waals surface area (Å²) in [5.41, 5.74) is 4.63. The zero-order valence-electron chi connectivity index (χ0n) is 14.8. The summed E-state index contributed by atoms with van der Waals surface area (Å²) in [5.74, 6) is 0.744. The Morgan fingerprint density at radius 2 is 1.48 bits per heavy atom. The number of fused-ring (bicyclic) bond motifs is 1. The Labute approximate surface area is 157 Å². The summed E-state index contributed by atoms with van der Waals surface area (Å²) in [5, 5.41) is 6.80. The number of amides is 2. The molecule has 3 N–H and O–H groups in total. The van der Waals surface area contributed by atoms with Gasteiger partial charge in [-0.15, -0.1) is 0 Å². The number of aromatic amines is 1. The van der Waals surface area contributed by atoms with Crippen LogP contribution >= 0.6 is 0 Å². The van der Waals surface area contributed by atoms with Crippen LogP contribution in [0.4, 0.5) is 16.2 Å². The smallest absolute Gasteiger partial charge is 0.323 e. The zero-order chi connectivity index (χ0) is 18.6. The van der Waals surface area contributed by atoms with Gasteiger partial charge in [0.1, 0.15) is 5.75 Å². The van der Waals surface area contributed by atoms with Gasteiger partial charge in [0.2, 0.25) is 0 Å². The number of carbonyl (C=O) groups excluding carboxylic acids is 1. The molecule has 0 aliphatic heterocycles. The van der Waals surface area contributed by atoms with E-state index in [9.17, 15) is 4.79 Å². The molecular formula is C22H19N3O2. The number of benzene rings is 3. The van der Waals surface area contributed by atoms with Gasteiger partial charge in [-0.1, -0.05) is 30.3 Å². The molecule has 0 radical (unpaired) electrons. The van der Waals surface area contributed by atoms with Crippen molar-refractivity contribution in [2.24, 2.45) is 0 Å². The molecule has 1 heterocycles. The first-order valence-electron chi connectivity index (χ1n) is 8.61. The van der Waals surface area contributed by atoms with E-state index in [1.54, 1.807) is 31.4 Å². The van der Waals surface area contributed by atoms with E-state index in [-0.39, 0.29) is 6.03 Å². The second kappa shape index (κ2) is 7.25. The van der Waals surface area contributed by atoms with Crippen LogP contribution < -0.4 is 15.4 Å². The average Bonchev–Trinajstić information content (AvgIpc) is 3.13. The Kier molecular flexibility index (Phi) is 4.49. The Hall–Kier alpha value is -3.73. The molecule has 4 aromatic rings. The number of anilines is 2. The summed E-state index contributed by atoms with van der Waals surface area (Å²) in [6.45, 7) is 0. The predicted molar refractivity (Wildman–Crippen MR) is 109 cm³/mol. The fourth-order valence-corrected chi connectivity index (χ4v) is 2.93. The summed E-state index contributed by atoms with van der Waals surface area (Å²) in [6.07, 6.45) is 0. The van der Waals surface area contributed by atoms with Crippen LogP contribution in [0.15, 0.2) is 78.9 Å². The third-order valence-electron chi connectivity index (χ3n) is 4.33. The van der Waals surface area contributed by atoms with Gasteiger partial charge in [-0.3, -0.25) is 0 Å². The largest absolute Gasteiger partial charge is 0.497 e. The molecule has 5 nitrogen and oxygen atoms in total. The van der Waals surface area contributed by atoms with Gasteiger partial charge in [-0.05, 0) is 54.1 Å². The Bertz CT molecular complexity index is 1030. The van der Waals surface area contributed by atoms with E-state index in [0.717, 1.165) is 28.2 Å². The maximum absolute atomic E-state index is 12.1. The molecule has 27 heavy (non-hydrogen) atoms. The highest BCUT2D eigenvalue weighted by Crippen LogP contribution is 2.25. The van der Waals surface area contributed by atoms with Crippen molar-refractivity contribution in [3.63, 3.8) is 0 Å². The summed E-state index contributed by atoms with van der Waals surface area (Å²) in [4.78, 5) is 15.6. The van der Waals surface area contributed by atoms with Crippen molar-refractivity contribution in [1.82, 2.24) is 4.98 Å². The highest BCUT2D eigenvalue weighted by atomic mass is 16.5. The number of hydrogen-bond donors (Lipinski definition) is 3. The second-order valence-corrected chi connectivity index (χ2v) is 6.16. The molecule has 0 saturated heterocycles. The molecule has 0 spiro atoms. The molecule has 0 aliphatic carbocycles. The van der Waals surface area contributed by atoms with Crippen molar-refractivity contribution < 1.29 is 9.53 Å². The molecule has 134 valence electrons. The molecule has 0 saturated carbocycles. The number of nitrogens with one attached hydrogen (secondary N) is 3. The first-order chi connectivity index (χ1) is 13.2. The third-order valence-corrected chi connectivity index (χ3v) is 4.33. The number of rotatable bonds is 4. The number of H-pyrrole nitrogens is 1. The zero-order valence-corrected chi connectivity index (χ0v) is 14.8. The van der Waals surface area contributed by atoms with Crippen LogP contribution in [-0.4, -0.2) is 18.1 Å². The lowest BCUT2D eigenvalue weighted by Crippen LogP contribution is -2.19. The highest BCUT2D eigenvalue weighted by Gasteiger charge is 2.05. The Morgan fingerprint density at radius 1 is 0.852 bits per heavy atom. The van der Waals surface area contributed by atoms with E-state index in [2.05, 4.69) is 33.8 Å². The lowest BCUT2D eigenvalue weighted by Gasteiger charge is -2.09. The molecule has 3 aromatic carbocycles. The minimum atomic E-state index is -0.293. The Balaban J connectivity index is 1.43. The summed E-state index contributed by atoms with van der Waals surface area (Å²) in [7, 11) is 1.61. The van der Waals surface area contributed by atoms with E-state index in [0.29, 0.717) is 5.69 Å². The third kappa shape index (κ3) is 3.77. The fourth-order valence-electron chi connectivity index (χ4n) is 2.93. The van der Waals surface area contributed by atoms with Crippen LogP contribution in [0, 0.1) is 0 Å². The maximum Gasteiger partial charge on any atom is 0.323 e. The van der Waals surface area contributed by atoms with E-state index < -0.39 is 0 Å². The van der Waals surface area contributed by atoms with Crippen molar-refractivity contribution in [3.05, 3.63) is 78.9 Å². The van der Waals surface area contributed by atoms with Gasteiger partial charge >= 0.3 is 6.03 Å². The summed E-state index contributed by atoms with van der Waals surface area (Å²) < 4.78 is 5.11. The highest BCUT2D eigenvalue weighted by molar-refractivity contribution is 6.00. The molecule has 0 aliphatic rings. The van der Waals surface area contributed by atoms with E-state index in [1.165, 1.54) is 5.39 Å². The van der Waals surface area contributed by atoms with Gasteiger partial charge in [0.05, 0.1) is 7.11 Å². The van der Waals surface area contributed by atoms with Crippen LogP contribution in [0.2, 0.25) is 0 Å². The Morgan fingerprint density at radius 3 is 2.11 bits per heavy atom. The molecule has 1 aromatic heterocycles. The maximum atomic E-state index is 12.1. The van der Waals surface area contributed by atoms with Gasteiger partial charge in [-0.25, -0.2) is 4.79 Å². The number of aromatic nitrogens is 1. The van der Waals surface area contributed by atoms with Gasteiger partial charge < -0.3 is 20.4 Å². The monoisotopic (exact) mass is 357 g/mol. The number of ether oxygens (including phenoxy) is 1.